The van der Waals surface area contributed by atoms with Gasteiger partial charge < -0.3 is 10.8 Å². The van der Waals surface area contributed by atoms with Gasteiger partial charge in [-0.05, 0) is 140 Å². The van der Waals surface area contributed by atoms with E-state index >= 15 is 0 Å². The Morgan fingerprint density at radius 2 is 0.693 bits per heavy atom. The molecule has 3 aromatic heterocycles. The van der Waals surface area contributed by atoms with Crippen molar-refractivity contribution >= 4 is 67.0 Å². The second kappa shape index (κ2) is 25.0. The molecule has 0 unspecified atom stereocenters. The molecule has 0 aliphatic rings. The first kappa shape index (κ1) is 70.4. The Balaban J connectivity index is 0.000000227. The number of pyridine rings is 3. The summed E-state index contributed by atoms with van der Waals surface area (Å²) in [7, 11) is 0. The number of Topliss-reactive ketones (excluding diaryl/α,β-unsaturated/α-hetero) is 1. The maximum atomic E-state index is 14.4. The van der Waals surface area contributed by atoms with Crippen LogP contribution in [-0.2, 0) is 36.3 Å². The number of benzene rings is 5. The lowest BCUT2D eigenvalue weighted by Gasteiger charge is -2.31. The topological polar surface area (TPSA) is 136 Å². The molecule has 32 heteroatoms. The molecule has 3 N–H and O–H groups in total. The molecule has 0 amide bonds. The minimum atomic E-state index is -6.27. The Labute approximate surface area is 483 Å². The van der Waals surface area contributed by atoms with Gasteiger partial charge >= 0.3 is 60.5 Å². The highest BCUT2D eigenvalue weighted by Crippen LogP contribution is 2.55. The maximum absolute atomic E-state index is 14.4. The summed E-state index contributed by atoms with van der Waals surface area (Å²) in [4.78, 5) is 44.7. The number of hydrogen-bond donors (Lipinski definition) is 2. The highest BCUT2D eigenvalue weighted by atomic mass is 35.5. The van der Waals surface area contributed by atoms with Crippen LogP contribution in [-0.4, -0.2) is 61.8 Å². The second-order valence-corrected chi connectivity index (χ2v) is 19.2. The molecule has 0 spiro atoms. The number of fused-ring (bicyclic) bond motifs is 3. The number of carbonyl (C=O) groups excluding carboxylic acids is 2. The summed E-state index contributed by atoms with van der Waals surface area (Å²) in [6.07, 6.45) is -38.9. The van der Waals surface area contributed by atoms with E-state index < -0.39 is 106 Å². The van der Waals surface area contributed by atoms with E-state index in [0.717, 1.165) is 38.1 Å². The third-order valence-electron chi connectivity index (χ3n) is 12.7. The van der Waals surface area contributed by atoms with Crippen LogP contribution in [0, 0.1) is 27.7 Å². The van der Waals surface area contributed by atoms with Crippen LogP contribution in [0.15, 0.2) is 115 Å². The molecule has 8 aromatic rings. The zero-order valence-electron chi connectivity index (χ0n) is 44.3. The fourth-order valence-corrected chi connectivity index (χ4v) is 8.28. The van der Waals surface area contributed by atoms with Crippen LogP contribution in [0.3, 0.4) is 0 Å². The quantitative estimate of drug-likeness (QED) is 0.0697. The first-order valence-corrected chi connectivity index (χ1v) is 24.3. The Morgan fingerprint density at radius 3 is 0.989 bits per heavy atom. The van der Waals surface area contributed by atoms with Gasteiger partial charge in [0.15, 0.2) is 5.78 Å². The number of halogens is 24. The molecule has 0 saturated carbocycles. The maximum Gasteiger partial charge on any atom is 0.435 e. The van der Waals surface area contributed by atoms with E-state index in [1.807, 2.05) is 0 Å². The van der Waals surface area contributed by atoms with Gasteiger partial charge in [0.25, 0.3) is 5.24 Å². The lowest BCUT2D eigenvalue weighted by molar-refractivity contribution is -0.349. The van der Waals surface area contributed by atoms with Gasteiger partial charge in [-0.15, -0.1) is 0 Å². The van der Waals surface area contributed by atoms with Crippen molar-refractivity contribution < 1.29 is 120 Å². The van der Waals surface area contributed by atoms with Crippen molar-refractivity contribution in [3.05, 3.63) is 188 Å². The number of aromatic nitrogens is 3. The van der Waals surface area contributed by atoms with E-state index in [4.69, 9.17) is 22.4 Å². The predicted octanol–water partition coefficient (Wildman–Crippen LogP) is 18.3. The van der Waals surface area contributed by atoms with Crippen molar-refractivity contribution in [1.82, 2.24) is 15.0 Å². The summed E-state index contributed by atoms with van der Waals surface area (Å²) >= 11 is 5.27. The molecule has 0 atom stereocenters. The monoisotopic (exact) mass is 1300 g/mol. The van der Waals surface area contributed by atoms with Gasteiger partial charge in [-0.3, -0.25) is 9.59 Å². The van der Waals surface area contributed by atoms with Gasteiger partial charge in [0.2, 0.25) is 0 Å². The Bertz CT molecular complexity index is 3760. The highest BCUT2D eigenvalue weighted by Gasteiger charge is 2.74. The number of nitrogens with zero attached hydrogens (tertiary/aromatic N) is 3. The van der Waals surface area contributed by atoms with Crippen molar-refractivity contribution in [2.45, 2.75) is 88.7 Å². The van der Waals surface area contributed by atoms with Crippen LogP contribution in [0.1, 0.15) is 87.1 Å². The van der Waals surface area contributed by atoms with Crippen molar-refractivity contribution in [3.8, 4) is 0 Å². The molecule has 0 aliphatic carbocycles. The third-order valence-corrected chi connectivity index (χ3v) is 12.9. The molecule has 88 heavy (non-hydrogen) atoms. The average Bonchev–Trinajstić information content (AvgIpc) is 0.971. The van der Waals surface area contributed by atoms with Gasteiger partial charge in [-0.2, -0.15) is 92.2 Å². The van der Waals surface area contributed by atoms with Crippen LogP contribution in [0.4, 0.5) is 107 Å². The number of nitrogens with two attached hydrogens (primary N) is 1. The smallest absolute Gasteiger partial charge is 0.435 e. The number of aromatic carboxylic acids is 1. The molecule has 3 heterocycles. The van der Waals surface area contributed by atoms with Crippen LogP contribution in [0.5, 0.6) is 0 Å². The largest absolute Gasteiger partial charge is 0.478 e. The zero-order valence-corrected chi connectivity index (χ0v) is 45.1. The van der Waals surface area contributed by atoms with Crippen LogP contribution in [0.2, 0.25) is 0 Å². The number of ketones is 1. The lowest BCUT2D eigenvalue weighted by Crippen LogP contribution is -2.50. The average molecular weight is 1300 g/mol. The number of aryl methyl sites for hydroxylation is 4. The van der Waals surface area contributed by atoms with Gasteiger partial charge in [0.05, 0.1) is 22.1 Å². The van der Waals surface area contributed by atoms with Crippen molar-refractivity contribution in [1.29, 1.82) is 0 Å². The normalized spacial score (nSPS) is 12.8. The molecule has 0 aliphatic heterocycles. The predicted molar refractivity (Wildman–Crippen MR) is 271 cm³/mol. The summed E-state index contributed by atoms with van der Waals surface area (Å²) in [6.45, 7) is 4.71. The molecular formula is C56H36ClF23N4O4. The number of carboxylic acid groups (broad SMARTS) is 1. The standard InChI is InChI=1S/C23H15F10NO.C11H5ClF3NO.C11H10F7N.C11H6F3NO2/c1-11-7-15(20(24,22(28,29)30)23(31,32)33)8-12(2)16(11)10-18(35)14-3-5-17-13(9-14)4-6-19(34-17)21(25,26)27;12-10(17)7-1-3-8-6(5-7)2-4-9(16-8)11(13,14)15;1-5-3-7(4-6(2)8(5)19)9(12,10(13,14)15)11(16,17)18;12-11(13,14)9-4-2-6-5-7(10(16)17)1-3-8(6)15-9/h3-9H,10H2,1-2H3;1-5H;3-4H,19H2,1-2H3;1-5H,(H,16,17). The fraction of sp³-hybridized carbons (Fsp3) is 0.250. The molecule has 472 valence electrons. The first-order valence-electron chi connectivity index (χ1n) is 24.0. The molecule has 0 bridgehead atoms. The molecule has 5 aromatic carbocycles. The van der Waals surface area contributed by atoms with E-state index in [0.29, 0.717) is 35.0 Å². The highest BCUT2D eigenvalue weighted by molar-refractivity contribution is 6.67. The van der Waals surface area contributed by atoms with Crippen molar-refractivity contribution in [2.24, 2.45) is 0 Å². The van der Waals surface area contributed by atoms with Crippen LogP contribution < -0.4 is 5.73 Å². The number of carbonyl (C=O) groups is 3. The zero-order chi connectivity index (χ0) is 67.0. The van der Waals surface area contributed by atoms with Crippen LogP contribution >= 0.6 is 11.6 Å². The van der Waals surface area contributed by atoms with Gasteiger partial charge in [-0.25, -0.2) is 28.5 Å². The van der Waals surface area contributed by atoms with Gasteiger partial charge in [-0.1, -0.05) is 42.5 Å². The van der Waals surface area contributed by atoms with E-state index in [-0.39, 0.29) is 72.1 Å². The Hall–Kier alpha value is -8.38. The molecular weight excluding hydrogens is 1270 g/mol. The number of anilines is 1. The molecule has 0 saturated heterocycles. The van der Waals surface area contributed by atoms with Crippen molar-refractivity contribution in [2.75, 3.05) is 5.73 Å². The summed E-state index contributed by atoms with van der Waals surface area (Å²) in [6, 6.07) is 19.2. The summed E-state index contributed by atoms with van der Waals surface area (Å²) in [5.74, 6) is -1.74. The molecule has 0 radical (unpaired) electrons. The van der Waals surface area contributed by atoms with E-state index in [2.05, 4.69) is 15.0 Å². The molecule has 8 nitrogen and oxygen atoms in total. The number of nitrogen functional groups attached to an aromatic ring is 1. The summed E-state index contributed by atoms with van der Waals surface area (Å²) in [5.41, 5.74) is -11.6. The Morgan fingerprint density at radius 1 is 0.409 bits per heavy atom. The summed E-state index contributed by atoms with van der Waals surface area (Å²) < 4.78 is 294. The molecule has 0 fully saturated rings. The van der Waals surface area contributed by atoms with E-state index in [1.165, 1.54) is 80.6 Å². The van der Waals surface area contributed by atoms with Gasteiger partial charge in [0.1, 0.15) is 17.1 Å². The second-order valence-electron chi connectivity index (χ2n) is 18.9. The van der Waals surface area contributed by atoms with Gasteiger partial charge in [0, 0.05) is 50.5 Å². The number of alkyl halides is 23. The number of hydrogen-bond acceptors (Lipinski definition) is 7. The first-order chi connectivity index (χ1) is 39.9. The molecule has 8 rings (SSSR count). The minimum Gasteiger partial charge on any atom is -0.478 e. The lowest BCUT2D eigenvalue weighted by atomic mass is 9.87. The van der Waals surface area contributed by atoms with Crippen LogP contribution in [0.25, 0.3) is 32.7 Å². The van der Waals surface area contributed by atoms with E-state index in [9.17, 15) is 115 Å². The van der Waals surface area contributed by atoms with E-state index in [1.54, 1.807) is 0 Å². The Kier molecular flexibility index (Phi) is 20.0. The fourth-order valence-electron chi connectivity index (χ4n) is 8.16. The van der Waals surface area contributed by atoms with Crippen molar-refractivity contribution in [3.63, 3.8) is 0 Å². The third kappa shape index (κ3) is 15.5. The number of carboxylic acids is 1. The summed E-state index contributed by atoms with van der Waals surface area (Å²) in [5, 5.41) is 9.07. The number of rotatable bonds is 7. The minimum absolute atomic E-state index is 0.0130. The SMILES string of the molecule is Cc1cc(C(F)(C(F)(F)F)C(F)(F)F)cc(C)c1CC(=O)c1ccc2nc(C(F)(F)F)ccc2c1.Cc1cc(C(F)(C(F)(F)F)C(F)(F)F)cc(C)c1N.O=C(Cl)c1ccc2nc(C(F)(F)F)ccc2c1.O=C(O)c1ccc2nc(C(F)(F)F)ccc2c1.